The molecule has 8 nitrogen and oxygen atoms in total. The van der Waals surface area contributed by atoms with Gasteiger partial charge in [-0.25, -0.2) is 9.50 Å². The van der Waals surface area contributed by atoms with E-state index in [9.17, 15) is 9.59 Å². The molecule has 0 radical (unpaired) electrons. The minimum absolute atomic E-state index is 0.0488. The number of halogens is 1. The molecule has 0 N–H and O–H groups in total. The predicted molar refractivity (Wildman–Crippen MR) is 113 cm³/mol. The fourth-order valence-corrected chi connectivity index (χ4v) is 3.92. The third-order valence-electron chi connectivity index (χ3n) is 5.21. The van der Waals surface area contributed by atoms with Crippen LogP contribution in [0.15, 0.2) is 30.3 Å². The second-order valence-corrected chi connectivity index (χ2v) is 7.87. The van der Waals surface area contributed by atoms with E-state index in [4.69, 9.17) is 11.6 Å². The number of benzene rings is 1. The minimum atomic E-state index is -0.103. The van der Waals surface area contributed by atoms with Gasteiger partial charge in [0.05, 0.1) is 17.0 Å². The second-order valence-electron chi connectivity index (χ2n) is 7.46. The Morgan fingerprint density at radius 1 is 1.03 bits per heavy atom. The van der Waals surface area contributed by atoms with Gasteiger partial charge in [-0.05, 0) is 38.5 Å². The van der Waals surface area contributed by atoms with Gasteiger partial charge in [-0.3, -0.25) is 9.59 Å². The molecular weight excluding hydrogens is 404 g/mol. The molecule has 1 aromatic carbocycles. The topological polar surface area (TPSA) is 83.7 Å². The SMILES string of the molecule is Cc1cc(C)n2nc(CC(=O)N3CCCN(C(=O)c4ccccc4Cl)CC3)nc2n1. The number of hydrogen-bond donors (Lipinski definition) is 0. The summed E-state index contributed by atoms with van der Waals surface area (Å²) < 4.78 is 1.65. The number of carbonyl (C=O) groups is 2. The van der Waals surface area contributed by atoms with Crippen molar-refractivity contribution < 1.29 is 9.59 Å². The van der Waals surface area contributed by atoms with Crippen LogP contribution in [-0.4, -0.2) is 67.4 Å². The Hall–Kier alpha value is -3.00. The first kappa shape index (κ1) is 20.3. The van der Waals surface area contributed by atoms with E-state index in [0.717, 1.165) is 11.4 Å². The normalized spacial score (nSPS) is 14.8. The van der Waals surface area contributed by atoms with E-state index >= 15 is 0 Å². The first-order chi connectivity index (χ1) is 14.4. The van der Waals surface area contributed by atoms with Crippen molar-refractivity contribution in [3.8, 4) is 0 Å². The van der Waals surface area contributed by atoms with Crippen molar-refractivity contribution in [1.29, 1.82) is 0 Å². The fourth-order valence-electron chi connectivity index (χ4n) is 3.70. The lowest BCUT2D eigenvalue weighted by atomic mass is 10.2. The number of fused-ring (bicyclic) bond motifs is 1. The van der Waals surface area contributed by atoms with Crippen LogP contribution in [0, 0.1) is 13.8 Å². The Bertz CT molecular complexity index is 1110. The van der Waals surface area contributed by atoms with Crippen molar-refractivity contribution in [3.63, 3.8) is 0 Å². The number of aromatic nitrogens is 4. The average molecular weight is 427 g/mol. The Morgan fingerprint density at radius 3 is 2.57 bits per heavy atom. The summed E-state index contributed by atoms with van der Waals surface area (Å²) in [6.45, 7) is 5.95. The Balaban J connectivity index is 1.42. The van der Waals surface area contributed by atoms with Gasteiger partial charge in [0.15, 0.2) is 5.82 Å². The van der Waals surface area contributed by atoms with Crippen LogP contribution in [0.25, 0.3) is 5.78 Å². The lowest BCUT2D eigenvalue weighted by Crippen LogP contribution is -2.38. The molecular formula is C21H23ClN6O2. The van der Waals surface area contributed by atoms with E-state index in [1.165, 1.54) is 0 Å². The second kappa shape index (κ2) is 8.39. The molecule has 1 saturated heterocycles. The highest BCUT2D eigenvalue weighted by molar-refractivity contribution is 6.33. The van der Waals surface area contributed by atoms with Crippen LogP contribution >= 0.6 is 11.6 Å². The van der Waals surface area contributed by atoms with Gasteiger partial charge in [0, 0.05) is 37.6 Å². The van der Waals surface area contributed by atoms with Crippen LogP contribution in [0.4, 0.5) is 0 Å². The Morgan fingerprint density at radius 2 is 1.77 bits per heavy atom. The minimum Gasteiger partial charge on any atom is -0.340 e. The number of hydrogen-bond acceptors (Lipinski definition) is 5. The van der Waals surface area contributed by atoms with Crippen molar-refractivity contribution in [2.45, 2.75) is 26.7 Å². The molecule has 1 aliphatic heterocycles. The first-order valence-corrected chi connectivity index (χ1v) is 10.3. The predicted octanol–water partition coefficient (Wildman–Crippen LogP) is 2.31. The van der Waals surface area contributed by atoms with Gasteiger partial charge in [-0.2, -0.15) is 4.98 Å². The molecule has 0 spiro atoms. The Labute approximate surface area is 179 Å². The summed E-state index contributed by atoms with van der Waals surface area (Å²) in [6.07, 6.45) is 0.820. The van der Waals surface area contributed by atoms with E-state index in [1.54, 1.807) is 38.6 Å². The molecule has 0 bridgehead atoms. The Kier molecular flexibility index (Phi) is 5.67. The highest BCUT2D eigenvalue weighted by atomic mass is 35.5. The average Bonchev–Trinajstić information content (AvgIpc) is 2.95. The van der Waals surface area contributed by atoms with Gasteiger partial charge in [0.2, 0.25) is 5.91 Å². The molecule has 0 aliphatic carbocycles. The lowest BCUT2D eigenvalue weighted by molar-refractivity contribution is -0.130. The summed E-state index contributed by atoms with van der Waals surface area (Å²) >= 11 is 6.17. The van der Waals surface area contributed by atoms with Crippen molar-refractivity contribution in [2.75, 3.05) is 26.2 Å². The van der Waals surface area contributed by atoms with Gasteiger partial charge in [0.25, 0.3) is 11.7 Å². The largest absolute Gasteiger partial charge is 0.340 e. The molecule has 1 fully saturated rings. The van der Waals surface area contributed by atoms with Crippen molar-refractivity contribution >= 4 is 29.2 Å². The summed E-state index contributed by atoms with van der Waals surface area (Å²) in [5, 5.41) is 4.86. The van der Waals surface area contributed by atoms with Crippen LogP contribution < -0.4 is 0 Å². The van der Waals surface area contributed by atoms with Gasteiger partial charge < -0.3 is 9.80 Å². The summed E-state index contributed by atoms with van der Waals surface area (Å²) in [7, 11) is 0. The van der Waals surface area contributed by atoms with Gasteiger partial charge in [0.1, 0.15) is 0 Å². The van der Waals surface area contributed by atoms with Gasteiger partial charge in [-0.15, -0.1) is 5.10 Å². The van der Waals surface area contributed by atoms with E-state index < -0.39 is 0 Å². The molecule has 0 saturated carbocycles. The zero-order valence-electron chi connectivity index (χ0n) is 17.0. The number of carbonyl (C=O) groups excluding carboxylic acids is 2. The summed E-state index contributed by atoms with van der Waals surface area (Å²) in [4.78, 5) is 37.9. The molecule has 2 aromatic heterocycles. The maximum absolute atomic E-state index is 12.8. The van der Waals surface area contributed by atoms with Crippen molar-refractivity contribution in [1.82, 2.24) is 29.4 Å². The summed E-state index contributed by atoms with van der Waals surface area (Å²) in [5.74, 6) is 0.804. The van der Waals surface area contributed by atoms with E-state index in [-0.39, 0.29) is 18.2 Å². The highest BCUT2D eigenvalue weighted by Gasteiger charge is 2.24. The third-order valence-corrected chi connectivity index (χ3v) is 5.54. The molecule has 0 atom stereocenters. The molecule has 4 rings (SSSR count). The molecule has 0 unspecified atom stereocenters. The molecule has 156 valence electrons. The summed E-state index contributed by atoms with van der Waals surface area (Å²) in [6, 6.07) is 8.96. The third kappa shape index (κ3) is 4.14. The van der Waals surface area contributed by atoms with Crippen LogP contribution in [0.3, 0.4) is 0 Å². The van der Waals surface area contributed by atoms with Crippen molar-refractivity contribution in [3.05, 3.63) is 58.1 Å². The van der Waals surface area contributed by atoms with Crippen LogP contribution in [0.5, 0.6) is 0 Å². The number of amides is 2. The fraction of sp³-hybridized carbons (Fsp3) is 0.381. The van der Waals surface area contributed by atoms with Gasteiger partial charge >= 0.3 is 0 Å². The summed E-state index contributed by atoms with van der Waals surface area (Å²) in [5.41, 5.74) is 2.28. The van der Waals surface area contributed by atoms with Gasteiger partial charge in [-0.1, -0.05) is 23.7 Å². The number of nitrogens with zero attached hydrogens (tertiary/aromatic N) is 6. The smallest absolute Gasteiger partial charge is 0.255 e. The lowest BCUT2D eigenvalue weighted by Gasteiger charge is -2.22. The maximum Gasteiger partial charge on any atom is 0.255 e. The van der Waals surface area contributed by atoms with Crippen LogP contribution in [-0.2, 0) is 11.2 Å². The molecule has 1 aliphatic rings. The van der Waals surface area contributed by atoms with Crippen molar-refractivity contribution in [2.24, 2.45) is 0 Å². The molecule has 3 aromatic rings. The molecule has 30 heavy (non-hydrogen) atoms. The first-order valence-electron chi connectivity index (χ1n) is 9.94. The molecule has 3 heterocycles. The van der Waals surface area contributed by atoms with Crippen LogP contribution in [0.1, 0.15) is 34.0 Å². The maximum atomic E-state index is 12.8. The monoisotopic (exact) mass is 426 g/mol. The highest BCUT2D eigenvalue weighted by Crippen LogP contribution is 2.18. The van der Waals surface area contributed by atoms with Crippen LogP contribution in [0.2, 0.25) is 5.02 Å². The number of aryl methyl sites for hydroxylation is 2. The van der Waals surface area contributed by atoms with E-state index in [1.807, 2.05) is 19.9 Å². The standard InChI is InChI=1S/C21H23ClN6O2/c1-14-12-15(2)28-21(23-14)24-18(25-28)13-19(29)26-8-5-9-27(11-10-26)20(30)16-6-3-4-7-17(16)22/h3-4,6-7,12H,5,8-11,13H2,1-2H3. The number of rotatable bonds is 3. The molecule has 9 heteroatoms. The van der Waals surface area contributed by atoms with E-state index in [0.29, 0.717) is 54.8 Å². The van der Waals surface area contributed by atoms with E-state index in [2.05, 4.69) is 15.1 Å². The molecule has 2 amide bonds. The quantitative estimate of drug-likeness (QED) is 0.641. The zero-order chi connectivity index (χ0) is 21.3. The zero-order valence-corrected chi connectivity index (χ0v) is 17.8.